The van der Waals surface area contributed by atoms with Crippen molar-refractivity contribution in [3.8, 4) is 0 Å². The number of thiophene rings is 1. The first-order valence-corrected chi connectivity index (χ1v) is 8.94. The third-order valence-electron chi connectivity index (χ3n) is 3.04. The number of hydrogen-bond acceptors (Lipinski definition) is 2. The molecule has 0 unspecified atom stereocenters. The number of fused-ring (bicyclic) bond motifs is 2. The molecule has 0 amide bonds. The maximum Gasteiger partial charge on any atom is 0.0680 e. The predicted molar refractivity (Wildman–Crippen MR) is 85.8 cm³/mol. The zero-order chi connectivity index (χ0) is 12.4. The molecule has 0 spiro atoms. The average molecular weight is 337 g/mol. The third kappa shape index (κ3) is 2.31. The van der Waals surface area contributed by atoms with Crippen LogP contribution in [0.4, 0.5) is 0 Å². The largest absolute Gasteiger partial charge is 0.137 e. The maximum atomic E-state index is 3.52. The SMILES string of the molecule is BrCCC=C1c2ccccc2CSc2sccc21. The quantitative estimate of drug-likeness (QED) is 0.646. The molecule has 92 valence electrons. The van der Waals surface area contributed by atoms with Gasteiger partial charge >= 0.3 is 0 Å². The summed E-state index contributed by atoms with van der Waals surface area (Å²) in [6.07, 6.45) is 3.44. The topological polar surface area (TPSA) is 0 Å². The first kappa shape index (κ1) is 12.5. The van der Waals surface area contributed by atoms with Crippen LogP contribution in [0.15, 0.2) is 46.0 Å². The van der Waals surface area contributed by atoms with Gasteiger partial charge in [-0.1, -0.05) is 46.3 Å². The minimum absolute atomic E-state index is 1.02. The Morgan fingerprint density at radius 3 is 2.94 bits per heavy atom. The second-order valence-electron chi connectivity index (χ2n) is 4.16. The first-order valence-electron chi connectivity index (χ1n) is 5.95. The van der Waals surface area contributed by atoms with Crippen LogP contribution >= 0.6 is 39.0 Å². The van der Waals surface area contributed by atoms with Gasteiger partial charge in [0, 0.05) is 16.6 Å². The second-order valence-corrected chi connectivity index (χ2v) is 7.12. The van der Waals surface area contributed by atoms with Crippen LogP contribution < -0.4 is 0 Å². The Kier molecular flexibility index (Phi) is 3.92. The van der Waals surface area contributed by atoms with Crippen LogP contribution in [-0.2, 0) is 5.75 Å². The molecule has 0 bridgehead atoms. The smallest absolute Gasteiger partial charge is 0.0680 e. The van der Waals surface area contributed by atoms with Gasteiger partial charge in [-0.3, -0.25) is 0 Å². The molecule has 3 rings (SSSR count). The molecule has 2 aromatic rings. The Labute approximate surface area is 124 Å². The van der Waals surface area contributed by atoms with E-state index in [-0.39, 0.29) is 0 Å². The van der Waals surface area contributed by atoms with E-state index in [0.29, 0.717) is 0 Å². The van der Waals surface area contributed by atoms with E-state index >= 15 is 0 Å². The highest BCUT2D eigenvalue weighted by atomic mass is 79.9. The molecule has 18 heavy (non-hydrogen) atoms. The van der Waals surface area contributed by atoms with E-state index in [9.17, 15) is 0 Å². The lowest BCUT2D eigenvalue weighted by Crippen LogP contribution is -1.90. The normalized spacial score (nSPS) is 16.2. The molecule has 0 nitrogen and oxygen atoms in total. The van der Waals surface area contributed by atoms with Gasteiger partial charge in [0.25, 0.3) is 0 Å². The molecule has 2 heterocycles. The van der Waals surface area contributed by atoms with E-state index in [4.69, 9.17) is 0 Å². The van der Waals surface area contributed by atoms with Gasteiger partial charge in [0.2, 0.25) is 0 Å². The van der Waals surface area contributed by atoms with Gasteiger partial charge < -0.3 is 0 Å². The number of rotatable bonds is 2. The fourth-order valence-electron chi connectivity index (χ4n) is 2.22. The summed E-state index contributed by atoms with van der Waals surface area (Å²) in [4.78, 5) is 0. The third-order valence-corrected chi connectivity index (χ3v) is 5.79. The van der Waals surface area contributed by atoms with E-state index in [2.05, 4.69) is 57.7 Å². The summed E-state index contributed by atoms with van der Waals surface area (Å²) in [5, 5.41) is 3.22. The van der Waals surface area contributed by atoms with Crippen LogP contribution in [0, 0.1) is 0 Å². The minimum Gasteiger partial charge on any atom is -0.137 e. The lowest BCUT2D eigenvalue weighted by molar-refractivity contribution is 1.25. The monoisotopic (exact) mass is 336 g/mol. The number of alkyl halides is 1. The molecule has 1 aliphatic heterocycles. The summed E-state index contributed by atoms with van der Waals surface area (Å²) in [5.74, 6) is 1.08. The van der Waals surface area contributed by atoms with E-state index in [0.717, 1.165) is 17.5 Å². The highest BCUT2D eigenvalue weighted by Gasteiger charge is 2.18. The summed E-state index contributed by atoms with van der Waals surface area (Å²) >= 11 is 7.34. The van der Waals surface area contributed by atoms with Gasteiger partial charge in [0.15, 0.2) is 0 Å². The van der Waals surface area contributed by atoms with Crippen molar-refractivity contribution in [2.24, 2.45) is 0 Å². The predicted octanol–water partition coefficient (Wildman–Crippen LogP) is 5.57. The molecular weight excluding hydrogens is 324 g/mol. The van der Waals surface area contributed by atoms with E-state index < -0.39 is 0 Å². The number of allylic oxidation sites excluding steroid dienone is 1. The molecule has 0 saturated carbocycles. The fraction of sp³-hybridized carbons (Fsp3) is 0.200. The van der Waals surface area contributed by atoms with Gasteiger partial charge in [-0.05, 0) is 34.6 Å². The molecular formula is C15H13BrS2. The Morgan fingerprint density at radius 2 is 2.06 bits per heavy atom. The number of benzene rings is 1. The van der Waals surface area contributed by atoms with Gasteiger partial charge in [-0.15, -0.1) is 23.1 Å². The van der Waals surface area contributed by atoms with Crippen molar-refractivity contribution >= 4 is 44.6 Å². The van der Waals surface area contributed by atoms with Crippen molar-refractivity contribution in [2.45, 2.75) is 16.4 Å². The van der Waals surface area contributed by atoms with E-state index in [1.165, 1.54) is 26.5 Å². The summed E-state index contributed by atoms with van der Waals surface area (Å²) in [6.45, 7) is 0. The van der Waals surface area contributed by atoms with Crippen LogP contribution in [-0.4, -0.2) is 5.33 Å². The van der Waals surface area contributed by atoms with E-state index in [1.807, 2.05) is 23.1 Å². The zero-order valence-electron chi connectivity index (χ0n) is 9.86. The van der Waals surface area contributed by atoms with Crippen molar-refractivity contribution in [2.75, 3.05) is 5.33 Å². The van der Waals surface area contributed by atoms with Crippen molar-refractivity contribution in [3.05, 3.63) is 58.5 Å². The Bertz CT molecular complexity index is 584. The Balaban J connectivity index is 2.17. The van der Waals surface area contributed by atoms with Crippen LogP contribution in [0.2, 0.25) is 0 Å². The van der Waals surface area contributed by atoms with Gasteiger partial charge in [0.05, 0.1) is 4.21 Å². The van der Waals surface area contributed by atoms with Crippen LogP contribution in [0.3, 0.4) is 0 Å². The van der Waals surface area contributed by atoms with Gasteiger partial charge in [-0.25, -0.2) is 0 Å². The van der Waals surface area contributed by atoms with E-state index in [1.54, 1.807) is 0 Å². The molecule has 1 aromatic carbocycles. The van der Waals surface area contributed by atoms with Gasteiger partial charge in [-0.2, -0.15) is 0 Å². The summed E-state index contributed by atoms with van der Waals surface area (Å²) < 4.78 is 1.45. The molecule has 1 aliphatic rings. The molecule has 0 radical (unpaired) electrons. The lowest BCUT2D eigenvalue weighted by Gasteiger charge is -2.09. The molecule has 0 aliphatic carbocycles. The minimum atomic E-state index is 1.02. The van der Waals surface area contributed by atoms with Crippen molar-refractivity contribution in [3.63, 3.8) is 0 Å². The average Bonchev–Trinajstić information content (AvgIpc) is 2.81. The van der Waals surface area contributed by atoms with Crippen LogP contribution in [0.25, 0.3) is 5.57 Å². The molecule has 0 fully saturated rings. The summed E-state index contributed by atoms with van der Waals surface area (Å²) in [7, 11) is 0. The van der Waals surface area contributed by atoms with Crippen molar-refractivity contribution in [1.29, 1.82) is 0 Å². The fourth-order valence-corrected chi connectivity index (χ4v) is 4.57. The summed E-state index contributed by atoms with van der Waals surface area (Å²) in [5.41, 5.74) is 5.68. The number of thioether (sulfide) groups is 1. The Morgan fingerprint density at radius 1 is 1.17 bits per heavy atom. The highest BCUT2D eigenvalue weighted by Crippen LogP contribution is 2.42. The van der Waals surface area contributed by atoms with Gasteiger partial charge in [0.1, 0.15) is 0 Å². The molecule has 0 atom stereocenters. The molecule has 1 aromatic heterocycles. The molecule has 0 N–H and O–H groups in total. The number of halogens is 1. The molecule has 0 saturated heterocycles. The van der Waals surface area contributed by atoms with Crippen molar-refractivity contribution < 1.29 is 0 Å². The number of hydrogen-bond donors (Lipinski definition) is 0. The Hall–Kier alpha value is -0.510. The maximum absolute atomic E-state index is 3.52. The first-order chi connectivity index (χ1) is 8.90. The zero-order valence-corrected chi connectivity index (χ0v) is 13.1. The molecule has 3 heteroatoms. The summed E-state index contributed by atoms with van der Waals surface area (Å²) in [6, 6.07) is 11.0. The van der Waals surface area contributed by atoms with Crippen LogP contribution in [0.5, 0.6) is 0 Å². The lowest BCUT2D eigenvalue weighted by atomic mass is 9.95. The standard InChI is InChI=1S/C15H13BrS2/c16-8-3-6-13-12-5-2-1-4-11(12)10-18-15-14(13)7-9-17-15/h1-2,4-7,9H,3,8,10H2. The van der Waals surface area contributed by atoms with Crippen LogP contribution in [0.1, 0.15) is 23.1 Å². The van der Waals surface area contributed by atoms with Crippen molar-refractivity contribution in [1.82, 2.24) is 0 Å². The highest BCUT2D eigenvalue weighted by molar-refractivity contribution is 9.09. The second kappa shape index (κ2) is 5.64.